The number of hydrogen-bond acceptors (Lipinski definition) is 6. The third-order valence-electron chi connectivity index (χ3n) is 13.5. The van der Waals surface area contributed by atoms with Crippen molar-refractivity contribution in [3.05, 3.63) is 207 Å². The lowest BCUT2D eigenvalue weighted by Gasteiger charge is -2.19. The number of aromatic nitrogens is 6. The van der Waals surface area contributed by atoms with Gasteiger partial charge in [-0.3, -0.25) is 29.9 Å². The fourth-order valence-electron chi connectivity index (χ4n) is 10.4. The first-order valence-electron chi connectivity index (χ1n) is 22.1. The second-order valence-electron chi connectivity index (χ2n) is 17.1. The van der Waals surface area contributed by atoms with Crippen LogP contribution in [0.15, 0.2) is 207 Å². The van der Waals surface area contributed by atoms with Gasteiger partial charge in [0, 0.05) is 37.2 Å². The third-order valence-corrected chi connectivity index (χ3v) is 13.5. The Kier molecular flexibility index (Phi) is 7.88. The highest BCUT2D eigenvalue weighted by Gasteiger charge is 2.19. The molecule has 0 bridgehead atoms. The molecule has 0 saturated heterocycles. The van der Waals surface area contributed by atoms with E-state index in [2.05, 4.69) is 195 Å². The summed E-state index contributed by atoms with van der Waals surface area (Å²) in [5, 5.41) is 14.4. The first-order valence-corrected chi connectivity index (χ1v) is 22.1. The van der Waals surface area contributed by atoms with Gasteiger partial charge in [-0.2, -0.15) is 0 Å². The Labute approximate surface area is 377 Å². The molecule has 3 aromatic heterocycles. The van der Waals surface area contributed by atoms with E-state index in [1.807, 2.05) is 0 Å². The molecule has 0 fully saturated rings. The summed E-state index contributed by atoms with van der Waals surface area (Å²) in [7, 11) is 0. The maximum absolute atomic E-state index is 4.71. The summed E-state index contributed by atoms with van der Waals surface area (Å²) in [6, 6.07) is 62.4. The second-order valence-corrected chi connectivity index (χ2v) is 17.1. The zero-order valence-electron chi connectivity index (χ0n) is 35.3. The first kappa shape index (κ1) is 36.5. The van der Waals surface area contributed by atoms with Crippen molar-refractivity contribution in [3.8, 4) is 44.5 Å². The lowest BCUT2D eigenvalue weighted by molar-refractivity contribution is 1.29. The number of nitrogens with zero attached hydrogens (tertiary/aromatic N) is 6. The predicted molar refractivity (Wildman–Crippen MR) is 273 cm³/mol. The topological polar surface area (TPSA) is 77.3 Å². The van der Waals surface area contributed by atoms with E-state index in [4.69, 9.17) is 4.98 Å². The Morgan fingerprint density at radius 1 is 0.212 bits per heavy atom. The standard InChI is InChI=1S/C60H34N6/c1-2-6-43-35(5-1)9-10-41-29-48(39-14-19-54-57(32-39)65-25-22-62-54)46-17-12-38(28-51(46)59(41)43)49-30-42-27-36(37-13-18-53-56(31-37)64-24-21-61-53)11-16-44(42)60-47-8-4-3-7-45(47)50(34-52(49)60)40-15-20-55-58(33-40)66-26-23-63-55/h1-34H. The lowest BCUT2D eigenvalue weighted by Crippen LogP contribution is -1.92. The Morgan fingerprint density at radius 3 is 1.35 bits per heavy atom. The largest absolute Gasteiger partial charge is 0.253 e. The Morgan fingerprint density at radius 2 is 0.652 bits per heavy atom. The summed E-state index contributed by atoms with van der Waals surface area (Å²) < 4.78 is 0. The van der Waals surface area contributed by atoms with Crippen LogP contribution in [0.3, 0.4) is 0 Å². The van der Waals surface area contributed by atoms with E-state index >= 15 is 0 Å². The molecule has 14 aromatic rings. The van der Waals surface area contributed by atoms with Crippen LogP contribution in [0.2, 0.25) is 0 Å². The zero-order valence-corrected chi connectivity index (χ0v) is 35.3. The molecule has 0 N–H and O–H groups in total. The third kappa shape index (κ3) is 5.68. The van der Waals surface area contributed by atoms with E-state index in [9.17, 15) is 0 Å². The summed E-state index contributed by atoms with van der Waals surface area (Å²) in [6.07, 6.45) is 10.5. The van der Waals surface area contributed by atoms with Gasteiger partial charge in [-0.15, -0.1) is 0 Å². The van der Waals surface area contributed by atoms with Crippen molar-refractivity contribution in [1.29, 1.82) is 0 Å². The quantitative estimate of drug-likeness (QED) is 0.164. The van der Waals surface area contributed by atoms with Gasteiger partial charge in [0.25, 0.3) is 0 Å². The zero-order chi connectivity index (χ0) is 43.3. The highest BCUT2D eigenvalue weighted by molar-refractivity contribution is 6.28. The van der Waals surface area contributed by atoms with E-state index in [-0.39, 0.29) is 0 Å². The second kappa shape index (κ2) is 14.3. The average molecular weight is 839 g/mol. The molecule has 0 saturated carbocycles. The van der Waals surface area contributed by atoms with Crippen LogP contribution in [0.5, 0.6) is 0 Å². The highest BCUT2D eigenvalue weighted by atomic mass is 14.8. The number of benzene rings is 11. The van der Waals surface area contributed by atoms with E-state index in [0.717, 1.165) is 83.0 Å². The molecule has 3 heterocycles. The van der Waals surface area contributed by atoms with Gasteiger partial charge in [-0.1, -0.05) is 103 Å². The van der Waals surface area contributed by atoms with Gasteiger partial charge in [-0.25, -0.2) is 0 Å². The molecule has 0 radical (unpaired) electrons. The van der Waals surface area contributed by atoms with Crippen LogP contribution in [0.25, 0.3) is 142 Å². The number of fused-ring (bicyclic) bond motifs is 13. The fraction of sp³-hybridized carbons (Fsp3) is 0. The minimum Gasteiger partial charge on any atom is -0.253 e. The molecule has 0 aliphatic heterocycles. The van der Waals surface area contributed by atoms with Crippen LogP contribution >= 0.6 is 0 Å². The van der Waals surface area contributed by atoms with Crippen LogP contribution < -0.4 is 0 Å². The van der Waals surface area contributed by atoms with Gasteiger partial charge in [0.2, 0.25) is 0 Å². The first-order chi connectivity index (χ1) is 32.7. The van der Waals surface area contributed by atoms with Crippen LogP contribution in [-0.2, 0) is 0 Å². The minimum absolute atomic E-state index is 0.869. The van der Waals surface area contributed by atoms with Crippen LogP contribution in [-0.4, -0.2) is 29.9 Å². The van der Waals surface area contributed by atoms with E-state index < -0.39 is 0 Å². The van der Waals surface area contributed by atoms with Crippen LogP contribution in [0.4, 0.5) is 0 Å². The summed E-state index contributed by atoms with van der Waals surface area (Å²) in [5.41, 5.74) is 14.3. The van der Waals surface area contributed by atoms with Crippen molar-refractivity contribution in [1.82, 2.24) is 29.9 Å². The SMILES string of the molecule is c1ccc2c(c1)ccc1cc(-c3ccc4nccnc4c3)c3ccc(-c4cc5cc(-c6ccc7nccnc7c6)ccc5c5c4cc(-c4ccc6nccnc6c4)c4ccccc45)cc3c12. The van der Waals surface area contributed by atoms with E-state index in [1.165, 1.54) is 59.2 Å². The molecular weight excluding hydrogens is 805 g/mol. The Hall–Kier alpha value is -9.00. The smallest absolute Gasteiger partial charge is 0.0892 e. The molecule has 0 unspecified atom stereocenters. The van der Waals surface area contributed by atoms with Gasteiger partial charge < -0.3 is 0 Å². The van der Waals surface area contributed by atoms with Gasteiger partial charge in [0.15, 0.2) is 0 Å². The van der Waals surface area contributed by atoms with Gasteiger partial charge in [0.05, 0.1) is 33.1 Å². The molecule has 0 amide bonds. The molecular formula is C60H34N6. The van der Waals surface area contributed by atoms with Crippen molar-refractivity contribution in [3.63, 3.8) is 0 Å². The molecule has 0 spiro atoms. The molecule has 304 valence electrons. The lowest BCUT2D eigenvalue weighted by atomic mass is 9.84. The number of rotatable bonds is 4. The van der Waals surface area contributed by atoms with Crippen molar-refractivity contribution in [2.75, 3.05) is 0 Å². The number of hydrogen-bond donors (Lipinski definition) is 0. The van der Waals surface area contributed by atoms with Crippen molar-refractivity contribution >= 4 is 97.7 Å². The summed E-state index contributed by atoms with van der Waals surface area (Å²) in [6.45, 7) is 0. The molecule has 6 nitrogen and oxygen atoms in total. The van der Waals surface area contributed by atoms with Crippen LogP contribution in [0, 0.1) is 0 Å². The molecule has 0 atom stereocenters. The molecule has 66 heavy (non-hydrogen) atoms. The summed E-state index contributed by atoms with van der Waals surface area (Å²) in [4.78, 5) is 27.7. The van der Waals surface area contributed by atoms with E-state index in [0.29, 0.717) is 0 Å². The van der Waals surface area contributed by atoms with Gasteiger partial charge >= 0.3 is 0 Å². The average Bonchev–Trinajstić information content (AvgIpc) is 3.39. The summed E-state index contributed by atoms with van der Waals surface area (Å²) in [5.74, 6) is 0. The minimum atomic E-state index is 0.869. The maximum atomic E-state index is 4.71. The van der Waals surface area contributed by atoms with Crippen molar-refractivity contribution < 1.29 is 0 Å². The van der Waals surface area contributed by atoms with Crippen molar-refractivity contribution in [2.24, 2.45) is 0 Å². The predicted octanol–water partition coefficient (Wildman–Crippen LogP) is 15.1. The fourth-order valence-corrected chi connectivity index (χ4v) is 10.4. The van der Waals surface area contributed by atoms with Crippen molar-refractivity contribution in [2.45, 2.75) is 0 Å². The molecule has 0 aliphatic carbocycles. The molecule has 11 aromatic carbocycles. The normalized spacial score (nSPS) is 11.9. The van der Waals surface area contributed by atoms with Gasteiger partial charge in [-0.05, 0) is 176 Å². The Balaban J connectivity index is 1.09. The monoisotopic (exact) mass is 838 g/mol. The maximum Gasteiger partial charge on any atom is 0.0892 e. The van der Waals surface area contributed by atoms with Crippen LogP contribution in [0.1, 0.15) is 0 Å². The summed E-state index contributed by atoms with van der Waals surface area (Å²) >= 11 is 0. The Bertz CT molecular complexity index is 4370. The van der Waals surface area contributed by atoms with Gasteiger partial charge in [0.1, 0.15) is 0 Å². The highest BCUT2D eigenvalue weighted by Crippen LogP contribution is 2.46. The van der Waals surface area contributed by atoms with E-state index in [1.54, 1.807) is 37.2 Å². The molecule has 14 rings (SSSR count). The molecule has 0 aliphatic rings. The molecule has 6 heteroatoms.